The lowest BCUT2D eigenvalue weighted by molar-refractivity contribution is 0.0741. The van der Waals surface area contributed by atoms with Crippen LogP contribution in [0.3, 0.4) is 0 Å². The number of amides is 1. The zero-order valence-corrected chi connectivity index (χ0v) is 6.82. The van der Waals surface area contributed by atoms with Crippen molar-refractivity contribution in [3.63, 3.8) is 0 Å². The van der Waals surface area contributed by atoms with Gasteiger partial charge in [0.05, 0.1) is 6.07 Å². The Kier molecular flexibility index (Phi) is 2.92. The molecule has 0 aliphatic heterocycles. The first-order valence-electron chi connectivity index (χ1n) is 4.08. The number of carbonyl (C=O) groups excluding carboxylic acids is 1. The monoisotopic (exact) mass is 168 g/mol. The Morgan fingerprint density at radius 2 is 2.33 bits per heavy atom. The molecule has 0 bridgehead atoms. The summed E-state index contributed by atoms with van der Waals surface area (Å²) in [7, 11) is 0. The van der Waals surface area contributed by atoms with Crippen LogP contribution in [0.25, 0.3) is 0 Å². The van der Waals surface area contributed by atoms with Gasteiger partial charge in [-0.1, -0.05) is 0 Å². The van der Waals surface area contributed by atoms with Crippen molar-refractivity contribution < 1.29 is 9.53 Å². The Morgan fingerprint density at radius 3 is 2.92 bits per heavy atom. The molecule has 66 valence electrons. The molecule has 0 heterocycles. The van der Waals surface area contributed by atoms with Crippen molar-refractivity contribution in [2.24, 2.45) is 11.7 Å². The number of ether oxygens (including phenoxy) is 1. The lowest BCUT2D eigenvalue weighted by Crippen LogP contribution is -2.27. The minimum absolute atomic E-state index is 0.0306. The maximum Gasteiger partial charge on any atom is 0.404 e. The van der Waals surface area contributed by atoms with Gasteiger partial charge in [-0.15, -0.1) is 0 Å². The molecule has 0 saturated heterocycles. The predicted molar refractivity (Wildman–Crippen MR) is 42.0 cm³/mol. The van der Waals surface area contributed by atoms with E-state index in [4.69, 9.17) is 15.7 Å². The number of carbonyl (C=O) groups is 1. The maximum absolute atomic E-state index is 10.4. The van der Waals surface area contributed by atoms with Crippen LogP contribution in [-0.4, -0.2) is 12.2 Å². The minimum Gasteiger partial charge on any atom is -0.446 e. The fourth-order valence-electron chi connectivity index (χ4n) is 1.53. The lowest BCUT2D eigenvalue weighted by atomic mass is 9.88. The fraction of sp³-hybridized carbons (Fsp3) is 0.750. The number of hydrogen-bond donors (Lipinski definition) is 1. The van der Waals surface area contributed by atoms with Gasteiger partial charge in [-0.25, -0.2) is 4.79 Å². The van der Waals surface area contributed by atoms with Gasteiger partial charge in [0.2, 0.25) is 0 Å². The van der Waals surface area contributed by atoms with Crippen LogP contribution in [-0.2, 0) is 4.74 Å². The molecule has 1 amide bonds. The van der Waals surface area contributed by atoms with Crippen molar-refractivity contribution in [1.82, 2.24) is 0 Å². The van der Waals surface area contributed by atoms with Gasteiger partial charge in [-0.2, -0.15) is 5.26 Å². The summed E-state index contributed by atoms with van der Waals surface area (Å²) in [4.78, 5) is 10.4. The van der Waals surface area contributed by atoms with E-state index in [-0.39, 0.29) is 12.0 Å². The third kappa shape index (κ3) is 2.42. The highest BCUT2D eigenvalue weighted by atomic mass is 16.6. The van der Waals surface area contributed by atoms with Crippen molar-refractivity contribution in [3.8, 4) is 6.07 Å². The van der Waals surface area contributed by atoms with Crippen molar-refractivity contribution >= 4 is 6.09 Å². The third-order valence-corrected chi connectivity index (χ3v) is 2.09. The van der Waals surface area contributed by atoms with Crippen LogP contribution in [0.5, 0.6) is 0 Å². The van der Waals surface area contributed by atoms with Crippen molar-refractivity contribution in [2.45, 2.75) is 31.8 Å². The van der Waals surface area contributed by atoms with Gasteiger partial charge >= 0.3 is 6.09 Å². The molecule has 0 aromatic heterocycles. The Morgan fingerprint density at radius 1 is 1.58 bits per heavy atom. The van der Waals surface area contributed by atoms with Crippen LogP contribution in [0.15, 0.2) is 0 Å². The van der Waals surface area contributed by atoms with E-state index < -0.39 is 6.09 Å². The number of rotatable bonds is 1. The highest BCUT2D eigenvalue weighted by molar-refractivity contribution is 5.64. The zero-order valence-electron chi connectivity index (χ0n) is 6.82. The van der Waals surface area contributed by atoms with Gasteiger partial charge in [0.25, 0.3) is 0 Å². The molecular formula is C8H12N2O2. The highest BCUT2D eigenvalue weighted by Gasteiger charge is 2.23. The average molecular weight is 168 g/mol. The van der Waals surface area contributed by atoms with Gasteiger partial charge in [-0.3, -0.25) is 0 Å². The van der Waals surface area contributed by atoms with E-state index >= 15 is 0 Å². The summed E-state index contributed by atoms with van der Waals surface area (Å²) in [6.45, 7) is 0. The predicted octanol–water partition coefficient (Wildman–Crippen LogP) is 1.16. The molecule has 12 heavy (non-hydrogen) atoms. The topological polar surface area (TPSA) is 76.1 Å². The maximum atomic E-state index is 10.4. The summed E-state index contributed by atoms with van der Waals surface area (Å²) in [5, 5.41) is 8.62. The molecule has 2 N–H and O–H groups in total. The standard InChI is InChI=1S/C8H12N2O2/c9-5-6-2-1-3-7(4-6)12-8(10)11/h6-7H,1-4H2,(H2,10,11)/t6-,7-/m1/s1. The normalized spacial score (nSPS) is 28.9. The summed E-state index contributed by atoms with van der Waals surface area (Å²) in [6.07, 6.45) is 2.45. The quantitative estimate of drug-likeness (QED) is 0.638. The van der Waals surface area contributed by atoms with Gasteiger partial charge < -0.3 is 10.5 Å². The molecule has 0 radical (unpaired) electrons. The van der Waals surface area contributed by atoms with Crippen LogP contribution in [0.1, 0.15) is 25.7 Å². The average Bonchev–Trinajstić information content (AvgIpc) is 2.03. The SMILES string of the molecule is N#C[C@@H]1CCC[C@@H](OC(N)=O)C1. The molecule has 1 aliphatic carbocycles. The highest BCUT2D eigenvalue weighted by Crippen LogP contribution is 2.25. The largest absolute Gasteiger partial charge is 0.446 e. The molecule has 1 rings (SSSR count). The third-order valence-electron chi connectivity index (χ3n) is 2.09. The molecule has 0 aromatic rings. The van der Waals surface area contributed by atoms with Gasteiger partial charge in [0.1, 0.15) is 6.10 Å². The van der Waals surface area contributed by atoms with Crippen LogP contribution in [0.4, 0.5) is 4.79 Å². The number of hydrogen-bond acceptors (Lipinski definition) is 3. The number of primary amides is 1. The van der Waals surface area contributed by atoms with E-state index in [9.17, 15) is 4.79 Å². The Bertz CT molecular complexity index is 210. The summed E-state index contributed by atoms with van der Waals surface area (Å²) in [6, 6.07) is 2.18. The smallest absolute Gasteiger partial charge is 0.404 e. The molecule has 4 nitrogen and oxygen atoms in total. The molecule has 0 unspecified atom stereocenters. The zero-order chi connectivity index (χ0) is 8.97. The summed E-state index contributed by atoms with van der Waals surface area (Å²) < 4.78 is 4.81. The molecular weight excluding hydrogens is 156 g/mol. The lowest BCUT2D eigenvalue weighted by Gasteiger charge is -2.23. The second kappa shape index (κ2) is 3.96. The van der Waals surface area contributed by atoms with Crippen LogP contribution in [0, 0.1) is 17.2 Å². The molecule has 4 heteroatoms. The van der Waals surface area contributed by atoms with Gasteiger partial charge in [0, 0.05) is 12.3 Å². The van der Waals surface area contributed by atoms with Crippen molar-refractivity contribution in [2.75, 3.05) is 0 Å². The number of nitriles is 1. The second-order valence-electron chi connectivity index (χ2n) is 3.05. The molecule has 2 atom stereocenters. The van der Waals surface area contributed by atoms with Crippen LogP contribution in [0.2, 0.25) is 0 Å². The van der Waals surface area contributed by atoms with Crippen molar-refractivity contribution in [3.05, 3.63) is 0 Å². The molecule has 0 aromatic carbocycles. The molecule has 0 spiro atoms. The first kappa shape index (κ1) is 8.85. The minimum atomic E-state index is -0.737. The van der Waals surface area contributed by atoms with E-state index in [1.807, 2.05) is 0 Å². The summed E-state index contributed by atoms with van der Waals surface area (Å²) >= 11 is 0. The van der Waals surface area contributed by atoms with E-state index in [1.165, 1.54) is 0 Å². The van der Waals surface area contributed by atoms with E-state index in [0.29, 0.717) is 6.42 Å². The Balaban J connectivity index is 2.36. The summed E-state index contributed by atoms with van der Waals surface area (Å²) in [5.74, 6) is 0.0306. The van der Waals surface area contributed by atoms with Gasteiger partial charge in [0.15, 0.2) is 0 Å². The van der Waals surface area contributed by atoms with E-state index in [2.05, 4.69) is 6.07 Å². The van der Waals surface area contributed by atoms with E-state index in [1.54, 1.807) is 0 Å². The number of nitrogens with two attached hydrogens (primary N) is 1. The molecule has 1 saturated carbocycles. The first-order valence-corrected chi connectivity index (χ1v) is 4.08. The van der Waals surface area contributed by atoms with Crippen molar-refractivity contribution in [1.29, 1.82) is 5.26 Å². The fourth-order valence-corrected chi connectivity index (χ4v) is 1.53. The number of nitrogens with zero attached hydrogens (tertiary/aromatic N) is 1. The Labute approximate surface area is 71.3 Å². The van der Waals surface area contributed by atoms with E-state index in [0.717, 1.165) is 19.3 Å². The van der Waals surface area contributed by atoms with Gasteiger partial charge in [-0.05, 0) is 19.3 Å². The van der Waals surface area contributed by atoms with Crippen LogP contribution < -0.4 is 5.73 Å². The molecule has 1 aliphatic rings. The Hall–Kier alpha value is -1.24. The summed E-state index contributed by atoms with van der Waals surface area (Å²) in [5.41, 5.74) is 4.87. The molecule has 1 fully saturated rings. The second-order valence-corrected chi connectivity index (χ2v) is 3.05. The first-order chi connectivity index (χ1) is 5.72. The van der Waals surface area contributed by atoms with Crippen LogP contribution >= 0.6 is 0 Å².